The van der Waals surface area contributed by atoms with Gasteiger partial charge < -0.3 is 4.57 Å². The molecule has 2 rings (SSSR count). The lowest BCUT2D eigenvalue weighted by Gasteiger charge is -2.20. The van der Waals surface area contributed by atoms with Crippen LogP contribution in [0.4, 0.5) is 0 Å². The van der Waals surface area contributed by atoms with Gasteiger partial charge >= 0.3 is 0 Å². The fraction of sp³-hybridized carbons (Fsp3) is 0.571. The van der Waals surface area contributed by atoms with Gasteiger partial charge in [-0.05, 0) is 43.2 Å². The van der Waals surface area contributed by atoms with Crippen molar-refractivity contribution in [2.24, 2.45) is 0 Å². The van der Waals surface area contributed by atoms with Crippen LogP contribution in [-0.4, -0.2) is 4.57 Å². The molecule has 0 radical (unpaired) electrons. The first-order valence-electron chi connectivity index (χ1n) is 6.43. The van der Waals surface area contributed by atoms with Gasteiger partial charge in [0.05, 0.1) is 5.56 Å². The average Bonchev–Trinajstić information content (AvgIpc) is 2.36. The Morgan fingerprint density at radius 3 is 2.88 bits per heavy atom. The maximum absolute atomic E-state index is 9.29. The van der Waals surface area contributed by atoms with E-state index in [2.05, 4.69) is 23.8 Å². The molecule has 1 aromatic heterocycles. The number of aryl methyl sites for hydroxylation is 2. The van der Waals surface area contributed by atoms with Crippen LogP contribution >= 0.6 is 12.2 Å². The molecule has 0 atom stereocenters. The largest absolute Gasteiger partial charge is 0.338 e. The van der Waals surface area contributed by atoms with Gasteiger partial charge in [-0.2, -0.15) is 5.26 Å². The summed E-state index contributed by atoms with van der Waals surface area (Å²) in [5.74, 6) is 0. The van der Waals surface area contributed by atoms with Gasteiger partial charge in [0.15, 0.2) is 0 Å². The smallest absolute Gasteiger partial charge is 0.124 e. The fourth-order valence-corrected chi connectivity index (χ4v) is 2.80. The van der Waals surface area contributed by atoms with E-state index in [4.69, 9.17) is 12.2 Å². The zero-order chi connectivity index (χ0) is 12.3. The first-order chi connectivity index (χ1) is 8.27. The highest BCUT2D eigenvalue weighted by atomic mass is 32.1. The molecule has 0 N–H and O–H groups in total. The van der Waals surface area contributed by atoms with Crippen molar-refractivity contribution < 1.29 is 0 Å². The van der Waals surface area contributed by atoms with E-state index in [0.717, 1.165) is 42.4 Å². The van der Waals surface area contributed by atoms with E-state index in [0.29, 0.717) is 0 Å². The Bertz CT molecular complexity index is 508. The molecule has 1 aliphatic rings. The van der Waals surface area contributed by atoms with E-state index in [9.17, 15) is 5.26 Å². The predicted molar refractivity (Wildman–Crippen MR) is 71.5 cm³/mol. The van der Waals surface area contributed by atoms with Crippen LogP contribution in [0, 0.1) is 16.0 Å². The van der Waals surface area contributed by atoms with Crippen LogP contribution in [0.2, 0.25) is 0 Å². The van der Waals surface area contributed by atoms with Crippen molar-refractivity contribution >= 4 is 12.2 Å². The normalized spacial score (nSPS) is 14.1. The predicted octanol–water partition coefficient (Wildman–Crippen LogP) is 3.77. The van der Waals surface area contributed by atoms with E-state index < -0.39 is 0 Å². The second-order valence-corrected chi connectivity index (χ2v) is 5.07. The molecule has 0 amide bonds. The molecule has 0 unspecified atom stereocenters. The number of hydrogen-bond acceptors (Lipinski definition) is 2. The Morgan fingerprint density at radius 2 is 2.18 bits per heavy atom. The summed E-state index contributed by atoms with van der Waals surface area (Å²) in [6, 6.07) is 2.32. The third kappa shape index (κ3) is 2.42. The molecule has 17 heavy (non-hydrogen) atoms. The van der Waals surface area contributed by atoms with Crippen LogP contribution < -0.4 is 0 Å². The molecule has 1 aromatic rings. The maximum atomic E-state index is 9.29. The summed E-state index contributed by atoms with van der Waals surface area (Å²) in [5.41, 5.74) is 3.32. The van der Waals surface area contributed by atoms with Crippen molar-refractivity contribution in [1.29, 1.82) is 5.26 Å². The van der Waals surface area contributed by atoms with Crippen molar-refractivity contribution in [3.8, 4) is 6.07 Å². The Kier molecular flexibility index (Phi) is 3.96. The SMILES string of the molecule is CCCCn1cc2c(c(C#N)c1=S)CCCC2. The molecule has 0 saturated carbocycles. The maximum Gasteiger partial charge on any atom is 0.124 e. The molecule has 2 nitrogen and oxygen atoms in total. The summed E-state index contributed by atoms with van der Waals surface area (Å²) in [7, 11) is 0. The quantitative estimate of drug-likeness (QED) is 0.760. The van der Waals surface area contributed by atoms with Crippen LogP contribution in [0.3, 0.4) is 0 Å². The number of rotatable bonds is 3. The highest BCUT2D eigenvalue weighted by Gasteiger charge is 2.16. The molecule has 90 valence electrons. The van der Waals surface area contributed by atoms with Crippen molar-refractivity contribution in [3.05, 3.63) is 27.5 Å². The van der Waals surface area contributed by atoms with E-state index in [1.54, 1.807) is 0 Å². The minimum Gasteiger partial charge on any atom is -0.338 e. The zero-order valence-corrected chi connectivity index (χ0v) is 11.1. The van der Waals surface area contributed by atoms with E-state index in [1.165, 1.54) is 24.0 Å². The molecule has 0 saturated heterocycles. The first kappa shape index (κ1) is 12.3. The summed E-state index contributed by atoms with van der Waals surface area (Å²) in [6.07, 6.45) is 9.02. The van der Waals surface area contributed by atoms with Gasteiger partial charge in [-0.1, -0.05) is 25.6 Å². The standard InChI is InChI=1S/C14H18N2S/c1-2-3-8-16-10-11-6-4-5-7-12(11)13(9-15)14(16)17/h10H,2-8H2,1H3. The van der Waals surface area contributed by atoms with Gasteiger partial charge in [-0.25, -0.2) is 0 Å². The van der Waals surface area contributed by atoms with Gasteiger partial charge in [0.1, 0.15) is 10.7 Å². The van der Waals surface area contributed by atoms with Crippen LogP contribution in [0.25, 0.3) is 0 Å². The van der Waals surface area contributed by atoms with Crippen molar-refractivity contribution in [2.75, 3.05) is 0 Å². The third-order valence-electron chi connectivity index (χ3n) is 3.46. The fourth-order valence-electron chi connectivity index (χ4n) is 2.49. The number of hydrogen-bond donors (Lipinski definition) is 0. The van der Waals surface area contributed by atoms with E-state index in [-0.39, 0.29) is 0 Å². The Labute approximate surface area is 108 Å². The molecule has 0 fully saturated rings. The van der Waals surface area contributed by atoms with E-state index >= 15 is 0 Å². The number of aromatic nitrogens is 1. The number of unbranched alkanes of at least 4 members (excludes halogenated alkanes) is 1. The lowest BCUT2D eigenvalue weighted by atomic mass is 9.90. The van der Waals surface area contributed by atoms with Gasteiger partial charge in [-0.15, -0.1) is 0 Å². The average molecular weight is 246 g/mol. The molecule has 0 spiro atoms. The Morgan fingerprint density at radius 1 is 1.41 bits per heavy atom. The summed E-state index contributed by atoms with van der Waals surface area (Å²) in [6.45, 7) is 3.12. The molecule has 0 aliphatic heterocycles. The van der Waals surface area contributed by atoms with Crippen LogP contribution in [0.15, 0.2) is 6.20 Å². The lowest BCUT2D eigenvalue weighted by Crippen LogP contribution is -2.12. The first-order valence-corrected chi connectivity index (χ1v) is 6.84. The van der Waals surface area contributed by atoms with Gasteiger partial charge in [0, 0.05) is 12.7 Å². The summed E-state index contributed by atoms with van der Waals surface area (Å²) >= 11 is 5.43. The third-order valence-corrected chi connectivity index (χ3v) is 3.90. The van der Waals surface area contributed by atoms with Crippen LogP contribution in [0.5, 0.6) is 0 Å². The molecule has 1 aliphatic carbocycles. The Balaban J connectivity index is 2.49. The van der Waals surface area contributed by atoms with Gasteiger partial charge in [0.25, 0.3) is 0 Å². The highest BCUT2D eigenvalue weighted by molar-refractivity contribution is 7.71. The topological polar surface area (TPSA) is 28.7 Å². The van der Waals surface area contributed by atoms with E-state index in [1.807, 2.05) is 0 Å². The van der Waals surface area contributed by atoms with Gasteiger partial charge in [-0.3, -0.25) is 0 Å². The highest BCUT2D eigenvalue weighted by Crippen LogP contribution is 2.25. The van der Waals surface area contributed by atoms with Crippen LogP contribution in [0.1, 0.15) is 49.3 Å². The summed E-state index contributed by atoms with van der Waals surface area (Å²) in [4.78, 5) is 0. The minimum absolute atomic E-state index is 0.738. The summed E-state index contributed by atoms with van der Waals surface area (Å²) < 4.78 is 2.84. The van der Waals surface area contributed by atoms with Crippen molar-refractivity contribution in [3.63, 3.8) is 0 Å². The number of nitrogens with zero attached hydrogens (tertiary/aromatic N) is 2. The number of nitriles is 1. The Hall–Kier alpha value is -1.14. The second kappa shape index (κ2) is 5.46. The molecule has 0 aromatic carbocycles. The van der Waals surface area contributed by atoms with Crippen molar-refractivity contribution in [1.82, 2.24) is 4.57 Å². The van der Waals surface area contributed by atoms with Crippen molar-refractivity contribution in [2.45, 2.75) is 52.0 Å². The molecular weight excluding hydrogens is 228 g/mol. The number of pyridine rings is 1. The second-order valence-electron chi connectivity index (χ2n) is 4.68. The summed E-state index contributed by atoms with van der Waals surface area (Å²) in [5, 5.41) is 9.29. The minimum atomic E-state index is 0.738. The molecular formula is C14H18N2S. The molecule has 1 heterocycles. The monoisotopic (exact) mass is 246 g/mol. The number of fused-ring (bicyclic) bond motifs is 1. The van der Waals surface area contributed by atoms with Crippen LogP contribution in [-0.2, 0) is 19.4 Å². The zero-order valence-electron chi connectivity index (χ0n) is 10.3. The molecule has 3 heteroatoms. The van der Waals surface area contributed by atoms with Gasteiger partial charge in [0.2, 0.25) is 0 Å². The lowest BCUT2D eigenvalue weighted by molar-refractivity contribution is 0.602. The molecule has 0 bridgehead atoms.